The number of carbonyl (C=O) groups is 3. The molecule has 0 aliphatic carbocycles. The first-order valence-electron chi connectivity index (χ1n) is 11.2. The topological polar surface area (TPSA) is 88.4 Å². The highest BCUT2D eigenvalue weighted by Gasteiger charge is 2.24. The molecule has 1 aromatic heterocycles. The van der Waals surface area contributed by atoms with Crippen molar-refractivity contribution in [2.45, 2.75) is 40.3 Å². The number of benzene rings is 2. The number of allylic oxidation sites excluding steroid dienone is 1. The Kier molecular flexibility index (Phi) is 7.84. The summed E-state index contributed by atoms with van der Waals surface area (Å²) in [5.74, 6) is -1.75. The molecule has 0 fully saturated rings. The SMILES string of the molecule is Cc1ccc(C(=O)c2cccn2C/C=C/c2cc(C(=O)N[C@H](C(=O)O)C(C)C)ccc2C)cc1. The summed E-state index contributed by atoms with van der Waals surface area (Å²) in [7, 11) is 0. The van der Waals surface area contributed by atoms with E-state index in [-0.39, 0.29) is 11.7 Å². The van der Waals surface area contributed by atoms with Crippen LogP contribution in [-0.4, -0.2) is 33.4 Å². The molecule has 0 saturated heterocycles. The number of ketones is 1. The lowest BCUT2D eigenvalue weighted by molar-refractivity contribution is -0.140. The number of amides is 1. The maximum atomic E-state index is 12.9. The van der Waals surface area contributed by atoms with Crippen LogP contribution < -0.4 is 5.32 Å². The first kappa shape index (κ1) is 24.7. The van der Waals surface area contributed by atoms with Crippen molar-refractivity contribution in [3.8, 4) is 0 Å². The van der Waals surface area contributed by atoms with Crippen LogP contribution in [0.5, 0.6) is 0 Å². The van der Waals surface area contributed by atoms with Crippen molar-refractivity contribution < 1.29 is 19.5 Å². The summed E-state index contributed by atoms with van der Waals surface area (Å²) in [6, 6.07) is 15.5. The van der Waals surface area contributed by atoms with Gasteiger partial charge in [-0.2, -0.15) is 0 Å². The van der Waals surface area contributed by atoms with Crippen LogP contribution >= 0.6 is 0 Å². The monoisotopic (exact) mass is 458 g/mol. The number of carbonyl (C=O) groups excluding carboxylic acids is 2. The summed E-state index contributed by atoms with van der Waals surface area (Å²) in [5.41, 5.74) is 4.58. The first-order valence-corrected chi connectivity index (χ1v) is 11.2. The fraction of sp³-hybridized carbons (Fsp3) is 0.250. The number of rotatable bonds is 9. The molecular formula is C28H30N2O4. The van der Waals surface area contributed by atoms with Crippen molar-refractivity contribution in [1.82, 2.24) is 9.88 Å². The maximum absolute atomic E-state index is 12.9. The van der Waals surface area contributed by atoms with E-state index in [1.54, 1.807) is 32.0 Å². The van der Waals surface area contributed by atoms with Crippen molar-refractivity contribution in [2.75, 3.05) is 0 Å². The fourth-order valence-electron chi connectivity index (χ4n) is 3.62. The normalized spacial score (nSPS) is 12.1. The first-order chi connectivity index (χ1) is 16.2. The summed E-state index contributed by atoms with van der Waals surface area (Å²) in [4.78, 5) is 36.9. The lowest BCUT2D eigenvalue weighted by Gasteiger charge is -2.18. The number of aromatic nitrogens is 1. The van der Waals surface area contributed by atoms with Crippen LogP contribution in [0.15, 0.2) is 66.9 Å². The van der Waals surface area contributed by atoms with Gasteiger partial charge in [-0.25, -0.2) is 4.79 Å². The number of aryl methyl sites for hydroxylation is 2. The van der Waals surface area contributed by atoms with Crippen LogP contribution in [-0.2, 0) is 11.3 Å². The summed E-state index contributed by atoms with van der Waals surface area (Å²) in [5, 5.41) is 11.9. The Morgan fingerprint density at radius 3 is 2.32 bits per heavy atom. The van der Waals surface area contributed by atoms with Gasteiger partial charge >= 0.3 is 5.97 Å². The highest BCUT2D eigenvalue weighted by atomic mass is 16.4. The standard InChI is InChI=1S/C28H30N2O4/c1-18(2)25(28(33)34)29-27(32)23-14-11-20(4)22(17-23)7-5-15-30-16-6-8-24(30)26(31)21-12-9-19(3)10-13-21/h5-14,16-18,25H,15H2,1-4H3,(H,29,32)(H,33,34)/b7-5+/t25-/m0/s1. The van der Waals surface area contributed by atoms with E-state index in [4.69, 9.17) is 0 Å². The molecule has 1 atom stereocenters. The van der Waals surface area contributed by atoms with Gasteiger partial charge in [0.2, 0.25) is 5.78 Å². The molecule has 0 aliphatic rings. The van der Waals surface area contributed by atoms with Crippen LogP contribution in [0.1, 0.15) is 56.9 Å². The smallest absolute Gasteiger partial charge is 0.326 e. The zero-order chi connectivity index (χ0) is 24.8. The fourth-order valence-corrected chi connectivity index (χ4v) is 3.62. The molecular weight excluding hydrogens is 428 g/mol. The quantitative estimate of drug-likeness (QED) is 0.447. The van der Waals surface area contributed by atoms with Crippen LogP contribution in [0.2, 0.25) is 0 Å². The molecule has 1 amide bonds. The number of carboxylic acid groups (broad SMARTS) is 1. The Balaban J connectivity index is 1.74. The van der Waals surface area contributed by atoms with E-state index in [1.165, 1.54) is 0 Å². The Labute approximate surface area is 199 Å². The van der Waals surface area contributed by atoms with Crippen LogP contribution in [0, 0.1) is 19.8 Å². The molecule has 6 heteroatoms. The number of nitrogens with zero attached hydrogens (tertiary/aromatic N) is 1. The van der Waals surface area contributed by atoms with E-state index in [1.807, 2.05) is 73.2 Å². The van der Waals surface area contributed by atoms with Crippen molar-refractivity contribution in [2.24, 2.45) is 5.92 Å². The number of hydrogen-bond donors (Lipinski definition) is 2. The third kappa shape index (κ3) is 5.90. The van der Waals surface area contributed by atoms with Crippen molar-refractivity contribution in [3.05, 3.63) is 100 Å². The minimum atomic E-state index is -1.06. The van der Waals surface area contributed by atoms with Gasteiger partial charge in [0.15, 0.2) is 0 Å². The molecule has 0 spiro atoms. The molecule has 176 valence electrons. The minimum absolute atomic E-state index is 0.0358. The van der Waals surface area contributed by atoms with Crippen LogP contribution in [0.3, 0.4) is 0 Å². The Morgan fingerprint density at radius 2 is 1.68 bits per heavy atom. The van der Waals surface area contributed by atoms with Gasteiger partial charge < -0.3 is 15.0 Å². The van der Waals surface area contributed by atoms with E-state index in [0.717, 1.165) is 16.7 Å². The zero-order valence-electron chi connectivity index (χ0n) is 19.9. The number of nitrogens with one attached hydrogen (secondary N) is 1. The zero-order valence-corrected chi connectivity index (χ0v) is 19.9. The lowest BCUT2D eigenvalue weighted by atomic mass is 10.0. The van der Waals surface area contributed by atoms with Gasteiger partial charge in [-0.1, -0.05) is 61.9 Å². The average molecular weight is 459 g/mol. The van der Waals surface area contributed by atoms with Gasteiger partial charge in [0.1, 0.15) is 6.04 Å². The van der Waals surface area contributed by atoms with E-state index in [2.05, 4.69) is 5.32 Å². The lowest BCUT2D eigenvalue weighted by Crippen LogP contribution is -2.44. The molecule has 0 aliphatic heterocycles. The number of hydrogen-bond acceptors (Lipinski definition) is 3. The molecule has 34 heavy (non-hydrogen) atoms. The molecule has 6 nitrogen and oxygen atoms in total. The van der Waals surface area contributed by atoms with E-state index in [9.17, 15) is 19.5 Å². The Bertz CT molecular complexity index is 1220. The highest BCUT2D eigenvalue weighted by molar-refractivity contribution is 6.08. The Hall–Kier alpha value is -3.93. The maximum Gasteiger partial charge on any atom is 0.326 e. The molecule has 0 unspecified atom stereocenters. The summed E-state index contributed by atoms with van der Waals surface area (Å²) in [6.07, 6.45) is 5.70. The largest absolute Gasteiger partial charge is 0.480 e. The predicted molar refractivity (Wildman–Crippen MR) is 133 cm³/mol. The molecule has 3 aromatic rings. The van der Waals surface area contributed by atoms with Crippen LogP contribution in [0.25, 0.3) is 6.08 Å². The molecule has 2 N–H and O–H groups in total. The third-order valence-electron chi connectivity index (χ3n) is 5.74. The van der Waals surface area contributed by atoms with Crippen molar-refractivity contribution >= 4 is 23.7 Å². The van der Waals surface area contributed by atoms with Gasteiger partial charge in [0.25, 0.3) is 5.91 Å². The molecule has 3 rings (SSSR count). The minimum Gasteiger partial charge on any atom is -0.480 e. The second-order valence-electron chi connectivity index (χ2n) is 8.75. The van der Waals surface area contributed by atoms with Gasteiger partial charge in [0, 0.05) is 23.9 Å². The molecule has 2 aromatic carbocycles. The van der Waals surface area contributed by atoms with E-state index in [0.29, 0.717) is 23.4 Å². The van der Waals surface area contributed by atoms with Gasteiger partial charge in [-0.05, 0) is 55.2 Å². The average Bonchev–Trinajstić information content (AvgIpc) is 3.26. The second-order valence-corrected chi connectivity index (χ2v) is 8.75. The highest BCUT2D eigenvalue weighted by Crippen LogP contribution is 2.16. The van der Waals surface area contributed by atoms with E-state index < -0.39 is 17.9 Å². The van der Waals surface area contributed by atoms with Crippen molar-refractivity contribution in [3.63, 3.8) is 0 Å². The summed E-state index contributed by atoms with van der Waals surface area (Å²) in [6.45, 7) is 7.92. The summed E-state index contributed by atoms with van der Waals surface area (Å²) < 4.78 is 1.88. The summed E-state index contributed by atoms with van der Waals surface area (Å²) >= 11 is 0. The predicted octanol–water partition coefficient (Wildman–Crippen LogP) is 4.89. The molecule has 0 radical (unpaired) electrons. The van der Waals surface area contributed by atoms with Gasteiger partial charge in [0.05, 0.1) is 5.69 Å². The third-order valence-corrected chi connectivity index (χ3v) is 5.74. The van der Waals surface area contributed by atoms with Crippen molar-refractivity contribution in [1.29, 1.82) is 0 Å². The van der Waals surface area contributed by atoms with E-state index >= 15 is 0 Å². The molecule has 0 bridgehead atoms. The Morgan fingerprint density at radius 1 is 1.00 bits per heavy atom. The number of carboxylic acids is 1. The molecule has 0 saturated carbocycles. The van der Waals surface area contributed by atoms with Gasteiger partial charge in [-0.15, -0.1) is 0 Å². The second kappa shape index (κ2) is 10.8. The number of aliphatic carboxylic acids is 1. The molecule has 1 heterocycles. The van der Waals surface area contributed by atoms with Gasteiger partial charge in [-0.3, -0.25) is 9.59 Å². The van der Waals surface area contributed by atoms with Crippen LogP contribution in [0.4, 0.5) is 0 Å².